The molecule has 1 saturated heterocycles. The molecule has 1 heterocycles. The van der Waals surface area contributed by atoms with Gasteiger partial charge in [-0.1, -0.05) is 49.6 Å². The van der Waals surface area contributed by atoms with Gasteiger partial charge in [0.25, 0.3) is 0 Å². The molecule has 2 rings (SSSR count). The lowest BCUT2D eigenvalue weighted by atomic mass is 9.93. The maximum Gasteiger partial charge on any atom is 0.243 e. The third-order valence-corrected chi connectivity index (χ3v) is 6.66. The number of carbonyl (C=O) groups excluding carboxylic acids is 4. The maximum atomic E-state index is 13.5. The zero-order valence-corrected chi connectivity index (χ0v) is 22.0. The molecule has 1 aliphatic heterocycles. The number of hydrogen-bond donors (Lipinski definition) is 3. The Bertz CT molecular complexity index is 956. The summed E-state index contributed by atoms with van der Waals surface area (Å²) in [7, 11) is 0. The number of likely N-dealkylation sites (tertiary alicyclic amines) is 1. The second-order valence-corrected chi connectivity index (χ2v) is 10.0. The lowest BCUT2D eigenvalue weighted by Gasteiger charge is -2.28. The highest BCUT2D eigenvalue weighted by atomic mass is 16.3. The third kappa shape index (κ3) is 8.90. The van der Waals surface area contributed by atoms with Gasteiger partial charge in [-0.3, -0.25) is 19.2 Å². The fourth-order valence-electron chi connectivity index (χ4n) is 4.52. The van der Waals surface area contributed by atoms with Crippen LogP contribution < -0.4 is 11.1 Å². The number of aliphatic hydroxyl groups is 1. The summed E-state index contributed by atoms with van der Waals surface area (Å²) in [5, 5.41) is 13.1. The summed E-state index contributed by atoms with van der Waals surface area (Å²) in [5.74, 6) is -1.79. The van der Waals surface area contributed by atoms with Crippen molar-refractivity contribution in [2.45, 2.75) is 90.8 Å². The molecular formula is C28H41N3O5. The van der Waals surface area contributed by atoms with Crippen LogP contribution in [0.5, 0.6) is 0 Å². The van der Waals surface area contributed by atoms with Gasteiger partial charge in [0.2, 0.25) is 17.7 Å². The summed E-state index contributed by atoms with van der Waals surface area (Å²) in [6.45, 7) is 7.73. The summed E-state index contributed by atoms with van der Waals surface area (Å²) < 4.78 is 0. The van der Waals surface area contributed by atoms with Crippen LogP contribution in [0, 0.1) is 12.8 Å². The van der Waals surface area contributed by atoms with Crippen molar-refractivity contribution in [3.05, 3.63) is 41.5 Å². The van der Waals surface area contributed by atoms with Crippen LogP contribution in [0.2, 0.25) is 0 Å². The first-order valence-electron chi connectivity index (χ1n) is 12.9. The predicted molar refractivity (Wildman–Crippen MR) is 140 cm³/mol. The van der Waals surface area contributed by atoms with E-state index >= 15 is 0 Å². The third-order valence-electron chi connectivity index (χ3n) is 6.66. The Labute approximate surface area is 214 Å². The quantitative estimate of drug-likeness (QED) is 0.359. The Morgan fingerprint density at radius 2 is 1.86 bits per heavy atom. The zero-order valence-electron chi connectivity index (χ0n) is 22.0. The molecular weight excluding hydrogens is 458 g/mol. The zero-order chi connectivity index (χ0) is 26.8. The van der Waals surface area contributed by atoms with E-state index in [4.69, 9.17) is 5.73 Å². The molecule has 0 bridgehead atoms. The minimum absolute atomic E-state index is 0.0536. The summed E-state index contributed by atoms with van der Waals surface area (Å²) in [4.78, 5) is 51.9. The van der Waals surface area contributed by atoms with E-state index < -0.39 is 24.0 Å². The highest BCUT2D eigenvalue weighted by Gasteiger charge is 2.41. The molecule has 1 aliphatic rings. The van der Waals surface area contributed by atoms with E-state index in [0.29, 0.717) is 12.8 Å². The van der Waals surface area contributed by atoms with Crippen LogP contribution in [-0.4, -0.2) is 58.2 Å². The molecule has 1 fully saturated rings. The number of hydrogen-bond acceptors (Lipinski definition) is 5. The largest absolute Gasteiger partial charge is 0.391 e. The van der Waals surface area contributed by atoms with Crippen molar-refractivity contribution in [2.24, 2.45) is 11.7 Å². The van der Waals surface area contributed by atoms with Crippen LogP contribution in [-0.2, 0) is 19.2 Å². The van der Waals surface area contributed by atoms with Crippen LogP contribution in [0.3, 0.4) is 0 Å². The van der Waals surface area contributed by atoms with Crippen LogP contribution in [0.4, 0.5) is 0 Å². The molecule has 0 saturated carbocycles. The van der Waals surface area contributed by atoms with Gasteiger partial charge >= 0.3 is 0 Å². The summed E-state index contributed by atoms with van der Waals surface area (Å²) in [6, 6.07) is 6.80. The lowest BCUT2D eigenvalue weighted by molar-refractivity contribution is -0.143. The molecule has 0 aromatic heterocycles. The molecule has 1 unspecified atom stereocenters. The number of rotatable bonds is 13. The first kappa shape index (κ1) is 29.2. The second-order valence-electron chi connectivity index (χ2n) is 10.0. The average molecular weight is 500 g/mol. The van der Waals surface area contributed by atoms with E-state index in [0.717, 1.165) is 29.5 Å². The van der Waals surface area contributed by atoms with Crippen molar-refractivity contribution in [3.63, 3.8) is 0 Å². The van der Waals surface area contributed by atoms with Crippen molar-refractivity contribution in [1.29, 1.82) is 0 Å². The van der Waals surface area contributed by atoms with Gasteiger partial charge in [0.05, 0.1) is 6.10 Å². The van der Waals surface area contributed by atoms with Gasteiger partial charge in [0.1, 0.15) is 6.04 Å². The Balaban J connectivity index is 2.12. The Morgan fingerprint density at radius 3 is 2.47 bits per heavy atom. The highest BCUT2D eigenvalue weighted by molar-refractivity contribution is 5.99. The van der Waals surface area contributed by atoms with Crippen molar-refractivity contribution in [1.82, 2.24) is 10.2 Å². The molecule has 3 amide bonds. The van der Waals surface area contributed by atoms with Gasteiger partial charge in [0, 0.05) is 37.8 Å². The van der Waals surface area contributed by atoms with Gasteiger partial charge in [-0.15, -0.1) is 0 Å². The Hall–Kier alpha value is -3.00. The standard InChI is InChI=1S/C28H41N3O5/c1-5-6-7-22(15-23(32)14-19(3)21-11-8-18(2)9-12-21)28(36)31-17-24(33)16-25(31)27(35)30-20(4)10-13-26(29)34/h8-9,11-12,14,20,22,24-25,33H,5-7,10,13,15-17H2,1-4H3,(H2,29,34)(H,30,35)/b19-14+/t20-,22?,24+,25+/m1/s1. The van der Waals surface area contributed by atoms with E-state index in [9.17, 15) is 24.3 Å². The minimum atomic E-state index is -0.812. The topological polar surface area (TPSA) is 130 Å². The summed E-state index contributed by atoms with van der Waals surface area (Å²) in [5.41, 5.74) is 8.11. The molecule has 8 nitrogen and oxygen atoms in total. The number of ketones is 1. The second kappa shape index (κ2) is 13.9. The van der Waals surface area contributed by atoms with Crippen LogP contribution in [0.15, 0.2) is 30.3 Å². The fourth-order valence-corrected chi connectivity index (χ4v) is 4.52. The molecule has 36 heavy (non-hydrogen) atoms. The number of primary amides is 1. The maximum absolute atomic E-state index is 13.5. The Kier molecular flexibility index (Phi) is 11.3. The number of nitrogens with zero attached hydrogens (tertiary/aromatic N) is 1. The lowest BCUT2D eigenvalue weighted by Crippen LogP contribution is -2.50. The molecule has 0 spiro atoms. The van der Waals surface area contributed by atoms with Crippen LogP contribution in [0.25, 0.3) is 5.57 Å². The van der Waals surface area contributed by atoms with Gasteiger partial charge in [-0.05, 0) is 50.8 Å². The number of amides is 3. The number of β-amino-alcohol motifs (C(OH)–C–C–N with tert-alkyl or cyclic N) is 1. The van der Waals surface area contributed by atoms with Gasteiger partial charge in [-0.2, -0.15) is 0 Å². The number of nitrogens with two attached hydrogens (primary N) is 1. The first-order valence-corrected chi connectivity index (χ1v) is 12.9. The number of allylic oxidation sites excluding steroid dienone is 2. The van der Waals surface area contributed by atoms with E-state index in [1.807, 2.05) is 45.0 Å². The molecule has 1 aromatic rings. The van der Waals surface area contributed by atoms with Crippen LogP contribution >= 0.6 is 0 Å². The SMILES string of the molecule is CCCCC(CC(=O)/C=C(\C)c1ccc(C)cc1)C(=O)N1C[C@@H](O)C[C@H]1C(=O)N[C@H](C)CCC(N)=O. The monoisotopic (exact) mass is 499 g/mol. The number of carbonyl (C=O) groups is 4. The summed E-state index contributed by atoms with van der Waals surface area (Å²) >= 11 is 0. The van der Waals surface area contributed by atoms with E-state index in [1.165, 1.54) is 4.90 Å². The Morgan fingerprint density at radius 1 is 1.19 bits per heavy atom. The van der Waals surface area contributed by atoms with Gasteiger partial charge in [0.15, 0.2) is 5.78 Å². The number of benzene rings is 1. The molecule has 8 heteroatoms. The van der Waals surface area contributed by atoms with Crippen molar-refractivity contribution in [3.8, 4) is 0 Å². The first-order chi connectivity index (χ1) is 17.0. The highest BCUT2D eigenvalue weighted by Crippen LogP contribution is 2.26. The van der Waals surface area contributed by atoms with Gasteiger partial charge < -0.3 is 21.1 Å². The minimum Gasteiger partial charge on any atom is -0.391 e. The van der Waals surface area contributed by atoms with Crippen molar-refractivity contribution in [2.75, 3.05) is 6.54 Å². The molecule has 4 N–H and O–H groups in total. The smallest absolute Gasteiger partial charge is 0.243 e. The van der Waals surface area contributed by atoms with Crippen LogP contribution in [0.1, 0.15) is 76.8 Å². The van der Waals surface area contributed by atoms with E-state index in [1.54, 1.807) is 13.0 Å². The molecule has 1 aromatic carbocycles. The molecule has 0 radical (unpaired) electrons. The number of unbranched alkanes of at least 4 members (excludes halogenated alkanes) is 1. The number of aliphatic hydroxyl groups excluding tert-OH is 1. The van der Waals surface area contributed by atoms with Gasteiger partial charge in [-0.25, -0.2) is 0 Å². The number of aryl methyl sites for hydroxylation is 1. The van der Waals surface area contributed by atoms with Crippen molar-refractivity contribution < 1.29 is 24.3 Å². The fraction of sp³-hybridized carbons (Fsp3) is 0.571. The predicted octanol–water partition coefficient (Wildman–Crippen LogP) is 2.90. The molecule has 0 aliphatic carbocycles. The average Bonchev–Trinajstić information content (AvgIpc) is 3.22. The summed E-state index contributed by atoms with van der Waals surface area (Å²) in [6.07, 6.45) is 3.70. The normalized spacial score (nSPS) is 19.6. The van der Waals surface area contributed by atoms with Crippen molar-refractivity contribution >= 4 is 29.1 Å². The molecule has 4 atom stereocenters. The van der Waals surface area contributed by atoms with E-state index in [2.05, 4.69) is 5.32 Å². The number of nitrogens with one attached hydrogen (secondary N) is 1. The molecule has 198 valence electrons. The van der Waals surface area contributed by atoms with E-state index in [-0.39, 0.29) is 49.4 Å².